The molecule has 1 aromatic rings. The molecule has 3 atom stereocenters. The second kappa shape index (κ2) is 8.89. The summed E-state index contributed by atoms with van der Waals surface area (Å²) in [6.45, 7) is 11.1. The molecule has 0 N–H and O–H groups in total. The summed E-state index contributed by atoms with van der Waals surface area (Å²) in [6, 6.07) is 7.42. The second-order valence-electron chi connectivity index (χ2n) is 11.1. The largest absolute Gasteiger partial charge is 0.726 e. The highest BCUT2D eigenvalue weighted by Gasteiger charge is 2.53. The molecule has 0 heterocycles. The molecule has 1 fully saturated rings. The van der Waals surface area contributed by atoms with E-state index in [0.29, 0.717) is 16.7 Å². The first-order valence-corrected chi connectivity index (χ1v) is 12.4. The number of aryl methyl sites for hydroxylation is 1. The molecule has 0 radical (unpaired) electrons. The molecule has 172 valence electrons. The molecule has 0 unspecified atom stereocenters. The second-order valence-corrected chi connectivity index (χ2v) is 12.3. The Morgan fingerprint density at radius 2 is 1.80 bits per heavy atom. The Balaban J connectivity index is 0.000000469. The summed E-state index contributed by atoms with van der Waals surface area (Å²) >= 11 is 0. The molecule has 0 aliphatic heterocycles. The Bertz CT molecular complexity index is 843. The third kappa shape index (κ3) is 5.84. The first-order chi connectivity index (χ1) is 13.6. The Morgan fingerprint density at radius 1 is 1.20 bits per heavy atom. The molecule has 3 rings (SSSR count). The SMILES string of the molecule is CC(C)c1ccc2c(c1)CC[C@H]1[C@](C)(C[N+](C)(C)C)CCC[C@]21C.COS(=O)(=O)[O-]. The van der Waals surface area contributed by atoms with Crippen LogP contribution in [0.15, 0.2) is 18.2 Å². The van der Waals surface area contributed by atoms with Crippen molar-refractivity contribution in [3.8, 4) is 0 Å². The van der Waals surface area contributed by atoms with Crippen LogP contribution in [0.4, 0.5) is 0 Å². The van der Waals surface area contributed by atoms with Crippen LogP contribution in [0.5, 0.6) is 0 Å². The summed E-state index contributed by atoms with van der Waals surface area (Å²) < 4.78 is 32.1. The highest BCUT2D eigenvalue weighted by molar-refractivity contribution is 7.80. The summed E-state index contributed by atoms with van der Waals surface area (Å²) in [4.78, 5) is 0. The van der Waals surface area contributed by atoms with Crippen molar-refractivity contribution in [1.82, 2.24) is 0 Å². The van der Waals surface area contributed by atoms with Crippen molar-refractivity contribution in [2.45, 2.75) is 71.1 Å². The van der Waals surface area contributed by atoms with Gasteiger partial charge in [0.2, 0.25) is 10.4 Å². The van der Waals surface area contributed by atoms with E-state index in [4.69, 9.17) is 0 Å². The number of rotatable bonds is 4. The van der Waals surface area contributed by atoms with Gasteiger partial charge < -0.3 is 9.04 Å². The van der Waals surface area contributed by atoms with Gasteiger partial charge in [0.05, 0.1) is 34.8 Å². The van der Waals surface area contributed by atoms with Crippen LogP contribution in [0, 0.1) is 11.3 Å². The van der Waals surface area contributed by atoms with E-state index in [9.17, 15) is 13.0 Å². The first-order valence-electron chi connectivity index (χ1n) is 11.1. The van der Waals surface area contributed by atoms with Gasteiger partial charge >= 0.3 is 0 Å². The van der Waals surface area contributed by atoms with Gasteiger partial charge in [0.1, 0.15) is 0 Å². The zero-order valence-electron chi connectivity index (χ0n) is 20.1. The molecular formula is C24H41NO4S. The topological polar surface area (TPSA) is 66.4 Å². The van der Waals surface area contributed by atoms with Crippen LogP contribution in [0.25, 0.3) is 0 Å². The van der Waals surface area contributed by atoms with Crippen molar-refractivity contribution in [3.05, 3.63) is 34.9 Å². The van der Waals surface area contributed by atoms with E-state index in [-0.39, 0.29) is 0 Å². The van der Waals surface area contributed by atoms with Gasteiger partial charge in [-0.05, 0) is 59.6 Å². The van der Waals surface area contributed by atoms with Gasteiger partial charge in [-0.15, -0.1) is 0 Å². The van der Waals surface area contributed by atoms with E-state index < -0.39 is 10.4 Å². The fourth-order valence-electron chi connectivity index (χ4n) is 6.28. The standard InChI is InChI=1S/C23H38N.CH4O4S/c1-17(2)18-9-11-20-19(15-18)10-12-21-22(3,16-24(5,6)7)13-8-14-23(20,21)4;1-5-6(2,3)4/h9,11,15,17,21H,8,10,12-14,16H2,1-7H3;1H3,(H,2,3,4)/q+1;/p-1/t21-,22-,23+;/m0./s1. The predicted molar refractivity (Wildman–Crippen MR) is 121 cm³/mol. The molecular weight excluding hydrogens is 398 g/mol. The molecule has 0 spiro atoms. The lowest BCUT2D eigenvalue weighted by Gasteiger charge is -2.56. The molecule has 30 heavy (non-hydrogen) atoms. The minimum absolute atomic E-state index is 0.380. The third-order valence-electron chi connectivity index (χ3n) is 7.21. The van der Waals surface area contributed by atoms with Crippen LogP contribution < -0.4 is 0 Å². The molecule has 2 aliphatic rings. The van der Waals surface area contributed by atoms with Gasteiger partial charge in [-0.1, -0.05) is 52.3 Å². The van der Waals surface area contributed by atoms with Gasteiger partial charge in [-0.25, -0.2) is 8.42 Å². The van der Waals surface area contributed by atoms with E-state index >= 15 is 0 Å². The van der Waals surface area contributed by atoms with E-state index in [1.54, 1.807) is 11.1 Å². The van der Waals surface area contributed by atoms with Crippen LogP contribution in [0.3, 0.4) is 0 Å². The van der Waals surface area contributed by atoms with Gasteiger partial charge in [0, 0.05) is 5.41 Å². The molecule has 0 amide bonds. The van der Waals surface area contributed by atoms with E-state index in [2.05, 4.69) is 71.2 Å². The summed E-state index contributed by atoms with van der Waals surface area (Å²) in [5.74, 6) is 1.46. The van der Waals surface area contributed by atoms with Crippen molar-refractivity contribution < 1.29 is 21.6 Å². The lowest BCUT2D eigenvalue weighted by molar-refractivity contribution is -0.878. The van der Waals surface area contributed by atoms with Crippen LogP contribution in [-0.2, 0) is 26.4 Å². The minimum atomic E-state index is -4.41. The zero-order chi connectivity index (χ0) is 23.0. The average molecular weight is 440 g/mol. The van der Waals surface area contributed by atoms with Gasteiger partial charge in [0.25, 0.3) is 0 Å². The van der Waals surface area contributed by atoms with Gasteiger partial charge in [-0.3, -0.25) is 4.18 Å². The number of hydrogen-bond donors (Lipinski definition) is 0. The Hall–Kier alpha value is -0.950. The molecule has 1 aromatic carbocycles. The number of benzene rings is 1. The first kappa shape index (κ1) is 25.3. The Kier molecular flexibility index (Phi) is 7.50. The molecule has 0 saturated heterocycles. The molecule has 0 bridgehead atoms. The van der Waals surface area contributed by atoms with E-state index in [1.165, 1.54) is 44.2 Å². The normalized spacial score (nSPS) is 28.9. The summed E-state index contributed by atoms with van der Waals surface area (Å²) in [7, 11) is 3.49. The van der Waals surface area contributed by atoms with E-state index in [0.717, 1.165) is 17.5 Å². The monoisotopic (exact) mass is 439 g/mol. The maximum Gasteiger partial charge on any atom is 0.217 e. The highest BCUT2D eigenvalue weighted by Crippen LogP contribution is 2.57. The fourth-order valence-corrected chi connectivity index (χ4v) is 6.28. The minimum Gasteiger partial charge on any atom is -0.726 e. The maximum atomic E-state index is 9.22. The summed E-state index contributed by atoms with van der Waals surface area (Å²) in [5, 5.41) is 0. The van der Waals surface area contributed by atoms with Crippen molar-refractivity contribution >= 4 is 10.4 Å². The van der Waals surface area contributed by atoms with Crippen LogP contribution in [0.1, 0.15) is 76.0 Å². The number of nitrogens with zero attached hydrogens (tertiary/aromatic N) is 1. The van der Waals surface area contributed by atoms with Crippen LogP contribution in [-0.4, -0.2) is 52.3 Å². The van der Waals surface area contributed by atoms with Crippen LogP contribution >= 0.6 is 0 Å². The zero-order valence-corrected chi connectivity index (χ0v) is 20.9. The van der Waals surface area contributed by atoms with Crippen LogP contribution in [0.2, 0.25) is 0 Å². The Morgan fingerprint density at radius 3 is 2.30 bits per heavy atom. The molecule has 0 aromatic heterocycles. The smallest absolute Gasteiger partial charge is 0.217 e. The van der Waals surface area contributed by atoms with Crippen molar-refractivity contribution in [3.63, 3.8) is 0 Å². The molecule has 6 heteroatoms. The summed E-state index contributed by atoms with van der Waals surface area (Å²) in [5.41, 5.74) is 5.69. The summed E-state index contributed by atoms with van der Waals surface area (Å²) in [6.07, 6.45) is 6.82. The maximum absolute atomic E-state index is 9.22. The van der Waals surface area contributed by atoms with Gasteiger partial charge in [0.15, 0.2) is 0 Å². The average Bonchev–Trinajstić information content (AvgIpc) is 2.59. The Labute approximate surface area is 184 Å². The lowest BCUT2D eigenvalue weighted by Crippen LogP contribution is -2.55. The number of hydrogen-bond acceptors (Lipinski definition) is 4. The van der Waals surface area contributed by atoms with Crippen molar-refractivity contribution in [2.24, 2.45) is 11.3 Å². The third-order valence-corrected chi connectivity index (χ3v) is 7.62. The highest BCUT2D eigenvalue weighted by atomic mass is 32.3. The number of fused-ring (bicyclic) bond motifs is 3. The van der Waals surface area contributed by atoms with E-state index in [1.807, 2.05) is 0 Å². The fraction of sp³-hybridized carbons (Fsp3) is 0.750. The molecule has 1 saturated carbocycles. The van der Waals surface area contributed by atoms with Crippen molar-refractivity contribution in [2.75, 3.05) is 34.8 Å². The molecule has 5 nitrogen and oxygen atoms in total. The van der Waals surface area contributed by atoms with Crippen molar-refractivity contribution in [1.29, 1.82) is 0 Å². The predicted octanol–water partition coefficient (Wildman–Crippen LogP) is 4.62. The quantitative estimate of drug-likeness (QED) is 0.390. The lowest BCUT2D eigenvalue weighted by atomic mass is 9.49. The number of quaternary nitrogens is 1. The van der Waals surface area contributed by atoms with Gasteiger partial charge in [-0.2, -0.15) is 0 Å². The molecule has 2 aliphatic carbocycles.